The molecule has 7 heteroatoms. The lowest BCUT2D eigenvalue weighted by atomic mass is 10.1. The van der Waals surface area contributed by atoms with Crippen LogP contribution in [0.15, 0.2) is 41.5 Å². The molecule has 1 aromatic rings. The maximum Gasteiger partial charge on any atom is 0.387 e. The van der Waals surface area contributed by atoms with E-state index in [0.717, 1.165) is 0 Å². The lowest BCUT2D eigenvalue weighted by Gasteiger charge is -2.28. The topological polar surface area (TPSA) is 85.7 Å². The zero-order valence-electron chi connectivity index (χ0n) is 9.31. The molecule has 1 unspecified atom stereocenters. The molecule has 0 fully saturated rings. The number of aliphatic imine (C=N–C) groups is 1. The van der Waals surface area contributed by atoms with Crippen molar-refractivity contribution in [1.82, 2.24) is 5.32 Å². The molecule has 5 nitrogen and oxygen atoms in total. The van der Waals surface area contributed by atoms with Crippen LogP contribution < -0.4 is 21.5 Å². The van der Waals surface area contributed by atoms with E-state index in [0.29, 0.717) is 5.56 Å². The third-order valence-electron chi connectivity index (χ3n) is 2.38. The van der Waals surface area contributed by atoms with Gasteiger partial charge in [-0.15, -0.1) is 0 Å². The van der Waals surface area contributed by atoms with Gasteiger partial charge in [-0.05, 0) is 30.3 Å². The van der Waals surface area contributed by atoms with Gasteiger partial charge in [0.15, 0.2) is 0 Å². The van der Waals surface area contributed by atoms with Crippen molar-refractivity contribution in [2.45, 2.75) is 12.4 Å². The summed E-state index contributed by atoms with van der Waals surface area (Å²) in [7, 11) is 0. The minimum Gasteiger partial charge on any atom is -0.435 e. The summed E-state index contributed by atoms with van der Waals surface area (Å²) in [5.41, 5.74) is 12.1. The van der Waals surface area contributed by atoms with Gasteiger partial charge in [0.05, 0.1) is 0 Å². The fourth-order valence-corrected chi connectivity index (χ4v) is 1.57. The van der Waals surface area contributed by atoms with Crippen LogP contribution in [0.25, 0.3) is 0 Å². The molecule has 0 saturated heterocycles. The Morgan fingerprint density at radius 1 is 1.28 bits per heavy atom. The number of nitrogens with two attached hydrogens (primary N) is 2. The Kier molecular flexibility index (Phi) is 3.15. The zero-order valence-corrected chi connectivity index (χ0v) is 9.31. The zero-order chi connectivity index (χ0) is 13.2. The molecule has 1 atom stereocenters. The van der Waals surface area contributed by atoms with Crippen molar-refractivity contribution < 1.29 is 13.5 Å². The number of rotatable bonds is 3. The van der Waals surface area contributed by atoms with Crippen molar-refractivity contribution in [3.63, 3.8) is 0 Å². The first-order chi connectivity index (χ1) is 8.49. The molecule has 96 valence electrons. The summed E-state index contributed by atoms with van der Waals surface area (Å²) >= 11 is 0. The van der Waals surface area contributed by atoms with Crippen LogP contribution in [0.3, 0.4) is 0 Å². The number of alkyl halides is 2. The van der Waals surface area contributed by atoms with E-state index in [1.807, 2.05) is 0 Å². The van der Waals surface area contributed by atoms with Crippen molar-refractivity contribution in [2.75, 3.05) is 0 Å². The van der Waals surface area contributed by atoms with Crippen LogP contribution in [0.1, 0.15) is 5.56 Å². The van der Waals surface area contributed by atoms with Crippen LogP contribution in [-0.4, -0.2) is 12.4 Å². The highest BCUT2D eigenvalue weighted by atomic mass is 19.3. The van der Waals surface area contributed by atoms with Crippen molar-refractivity contribution >= 4 is 5.84 Å². The van der Waals surface area contributed by atoms with Crippen LogP contribution in [0, 0.1) is 0 Å². The van der Waals surface area contributed by atoms with E-state index in [9.17, 15) is 8.78 Å². The molecule has 0 amide bonds. The van der Waals surface area contributed by atoms with Gasteiger partial charge in [0.2, 0.25) is 5.79 Å². The standard InChI is InChI=1S/C11H12F2N4O/c12-10(13)18-8-3-1-7(2-4-8)11(15)16-6-5-9(14)17-11/h1-6,10,16H,15H2,(H2,14,17). The van der Waals surface area contributed by atoms with Crippen LogP contribution >= 0.6 is 0 Å². The van der Waals surface area contributed by atoms with Crippen LogP contribution in [0.4, 0.5) is 8.78 Å². The highest BCUT2D eigenvalue weighted by Gasteiger charge is 2.27. The van der Waals surface area contributed by atoms with Gasteiger partial charge >= 0.3 is 6.61 Å². The number of nitrogens with zero attached hydrogens (tertiary/aromatic N) is 1. The molecular weight excluding hydrogens is 242 g/mol. The smallest absolute Gasteiger partial charge is 0.387 e. The van der Waals surface area contributed by atoms with E-state index in [1.54, 1.807) is 24.4 Å². The summed E-state index contributed by atoms with van der Waals surface area (Å²) in [5, 5.41) is 2.84. The van der Waals surface area contributed by atoms with Gasteiger partial charge in [-0.2, -0.15) is 8.78 Å². The summed E-state index contributed by atoms with van der Waals surface area (Å²) in [6, 6.07) is 5.87. The second-order valence-electron chi connectivity index (χ2n) is 3.68. The third-order valence-corrected chi connectivity index (χ3v) is 2.38. The van der Waals surface area contributed by atoms with Gasteiger partial charge in [0.1, 0.15) is 11.6 Å². The molecule has 0 bridgehead atoms. The van der Waals surface area contributed by atoms with E-state index < -0.39 is 12.4 Å². The number of ether oxygens (including phenoxy) is 1. The normalized spacial score (nSPS) is 22.6. The molecule has 0 radical (unpaired) electrons. The van der Waals surface area contributed by atoms with Crippen LogP contribution in [0.5, 0.6) is 5.75 Å². The highest BCUT2D eigenvalue weighted by Crippen LogP contribution is 2.22. The molecule has 0 aromatic heterocycles. The molecule has 1 aliphatic heterocycles. The van der Waals surface area contributed by atoms with Gasteiger partial charge in [-0.1, -0.05) is 0 Å². The monoisotopic (exact) mass is 254 g/mol. The van der Waals surface area contributed by atoms with E-state index >= 15 is 0 Å². The first kappa shape index (κ1) is 12.3. The molecule has 5 N–H and O–H groups in total. The average Bonchev–Trinajstić information content (AvgIpc) is 2.28. The molecule has 0 aliphatic carbocycles. The molecule has 18 heavy (non-hydrogen) atoms. The van der Waals surface area contributed by atoms with E-state index in [-0.39, 0.29) is 11.6 Å². The lowest BCUT2D eigenvalue weighted by molar-refractivity contribution is -0.0498. The van der Waals surface area contributed by atoms with E-state index in [2.05, 4.69) is 15.0 Å². The molecule has 1 aromatic carbocycles. The number of benzene rings is 1. The molecule has 1 aliphatic rings. The Labute approximate surface area is 102 Å². The first-order valence-electron chi connectivity index (χ1n) is 5.13. The maximum absolute atomic E-state index is 12.0. The summed E-state index contributed by atoms with van der Waals surface area (Å²) in [6.45, 7) is -2.85. The number of amidine groups is 1. The number of halogens is 2. The van der Waals surface area contributed by atoms with Crippen molar-refractivity contribution in [1.29, 1.82) is 0 Å². The average molecular weight is 254 g/mol. The van der Waals surface area contributed by atoms with Gasteiger partial charge in [0.25, 0.3) is 0 Å². The second kappa shape index (κ2) is 4.61. The van der Waals surface area contributed by atoms with Crippen LogP contribution in [0.2, 0.25) is 0 Å². The fraction of sp³-hybridized carbons (Fsp3) is 0.182. The summed E-state index contributed by atoms with van der Waals surface area (Å²) in [4.78, 5) is 4.06. The maximum atomic E-state index is 12.0. The van der Waals surface area contributed by atoms with E-state index in [1.165, 1.54) is 12.1 Å². The molecule has 2 rings (SSSR count). The predicted octanol–water partition coefficient (Wildman–Crippen LogP) is 0.831. The number of hydrogen-bond acceptors (Lipinski definition) is 5. The lowest BCUT2D eigenvalue weighted by Crippen LogP contribution is -2.49. The predicted molar refractivity (Wildman–Crippen MR) is 62.8 cm³/mol. The van der Waals surface area contributed by atoms with Crippen molar-refractivity contribution in [2.24, 2.45) is 16.5 Å². The molecule has 1 heterocycles. The van der Waals surface area contributed by atoms with Crippen molar-refractivity contribution in [3.05, 3.63) is 42.1 Å². The minimum absolute atomic E-state index is 0.0562. The summed E-state index contributed by atoms with van der Waals surface area (Å²) in [5.74, 6) is -0.854. The molecule has 0 saturated carbocycles. The quantitative estimate of drug-likeness (QED) is 0.745. The Bertz CT molecular complexity index is 486. The molecular formula is C11H12F2N4O. The van der Waals surface area contributed by atoms with Gasteiger partial charge in [-0.25, -0.2) is 4.99 Å². The largest absolute Gasteiger partial charge is 0.435 e. The fourth-order valence-electron chi connectivity index (χ4n) is 1.57. The van der Waals surface area contributed by atoms with Gasteiger partial charge < -0.3 is 15.8 Å². The Morgan fingerprint density at radius 2 is 1.94 bits per heavy atom. The minimum atomic E-state index is -2.85. The van der Waals surface area contributed by atoms with Gasteiger partial charge in [0, 0.05) is 11.8 Å². The summed E-state index contributed by atoms with van der Waals surface area (Å²) in [6.07, 6.45) is 3.14. The first-order valence-corrected chi connectivity index (χ1v) is 5.13. The summed E-state index contributed by atoms with van der Waals surface area (Å²) < 4.78 is 28.2. The Morgan fingerprint density at radius 3 is 2.50 bits per heavy atom. The highest BCUT2D eigenvalue weighted by molar-refractivity contribution is 5.92. The van der Waals surface area contributed by atoms with Crippen LogP contribution in [-0.2, 0) is 5.79 Å². The number of nitrogens with one attached hydrogen (secondary N) is 1. The van der Waals surface area contributed by atoms with Gasteiger partial charge in [-0.3, -0.25) is 5.73 Å². The Hall–Kier alpha value is -2.15. The number of hydrogen-bond donors (Lipinski definition) is 3. The SMILES string of the molecule is NC1=NC(N)(c2ccc(OC(F)F)cc2)NC=C1. The second-order valence-corrected chi connectivity index (χ2v) is 3.68. The Balaban J connectivity index is 2.22. The van der Waals surface area contributed by atoms with Crippen molar-refractivity contribution in [3.8, 4) is 5.75 Å². The van der Waals surface area contributed by atoms with E-state index in [4.69, 9.17) is 11.5 Å². The molecule has 0 spiro atoms. The third kappa shape index (κ3) is 2.57.